The quantitative estimate of drug-likeness (QED) is 0.787. The van der Waals surface area contributed by atoms with Crippen LogP contribution in [0.1, 0.15) is 24.0 Å². The van der Waals surface area contributed by atoms with Gasteiger partial charge in [0.25, 0.3) is 0 Å². The van der Waals surface area contributed by atoms with Crippen molar-refractivity contribution in [1.82, 2.24) is 5.32 Å². The highest BCUT2D eigenvalue weighted by Gasteiger charge is 2.13. The van der Waals surface area contributed by atoms with Gasteiger partial charge in [-0.2, -0.15) is 0 Å². The van der Waals surface area contributed by atoms with Crippen LogP contribution in [0.3, 0.4) is 0 Å². The number of hydrogen-bond acceptors (Lipinski definition) is 2. The van der Waals surface area contributed by atoms with E-state index in [1.807, 2.05) is 12.1 Å². The fraction of sp³-hybridized carbons (Fsp3) is 0.462. The molecule has 17 heavy (non-hydrogen) atoms. The normalized spacial score (nSPS) is 13.6. The molecule has 0 bridgehead atoms. The molecule has 4 heteroatoms. The number of hydrogen-bond donors (Lipinski definition) is 2. The van der Waals surface area contributed by atoms with Crippen LogP contribution in [0.2, 0.25) is 0 Å². The molecule has 2 N–H and O–H groups in total. The Hall–Kier alpha value is -1.71. The van der Waals surface area contributed by atoms with Crippen molar-refractivity contribution in [1.29, 1.82) is 0 Å². The Bertz CT molecular complexity index is 404. The SMILES string of the molecule is O=C(O)NCCCc1cccc2c1CCCO2. The van der Waals surface area contributed by atoms with Crippen LogP contribution in [0.4, 0.5) is 4.79 Å². The number of carboxylic acid groups (broad SMARTS) is 1. The molecule has 0 saturated carbocycles. The van der Waals surface area contributed by atoms with E-state index < -0.39 is 6.09 Å². The first-order chi connectivity index (χ1) is 8.27. The molecule has 0 radical (unpaired) electrons. The fourth-order valence-corrected chi connectivity index (χ4v) is 2.17. The van der Waals surface area contributed by atoms with Crippen LogP contribution in [0.25, 0.3) is 0 Å². The highest BCUT2D eigenvalue weighted by Crippen LogP contribution is 2.28. The van der Waals surface area contributed by atoms with Gasteiger partial charge in [-0.3, -0.25) is 0 Å². The maximum absolute atomic E-state index is 10.3. The van der Waals surface area contributed by atoms with Crippen molar-refractivity contribution in [3.05, 3.63) is 29.3 Å². The Balaban J connectivity index is 1.94. The van der Waals surface area contributed by atoms with Crippen molar-refractivity contribution >= 4 is 6.09 Å². The maximum Gasteiger partial charge on any atom is 0.404 e. The monoisotopic (exact) mass is 235 g/mol. The van der Waals surface area contributed by atoms with Crippen LogP contribution in [-0.2, 0) is 12.8 Å². The van der Waals surface area contributed by atoms with Gasteiger partial charge < -0.3 is 15.2 Å². The van der Waals surface area contributed by atoms with Crippen LogP contribution < -0.4 is 10.1 Å². The standard InChI is InChI=1S/C13H17NO3/c15-13(16)14-8-2-5-10-4-1-7-12-11(10)6-3-9-17-12/h1,4,7,14H,2-3,5-6,8-9H2,(H,15,16). The third-order valence-electron chi connectivity index (χ3n) is 2.96. The molecule has 1 amide bonds. The number of nitrogens with one attached hydrogen (secondary N) is 1. The van der Waals surface area contributed by atoms with E-state index in [4.69, 9.17) is 9.84 Å². The molecule has 1 aliphatic rings. The average Bonchev–Trinajstić information content (AvgIpc) is 2.34. The smallest absolute Gasteiger partial charge is 0.404 e. The lowest BCUT2D eigenvalue weighted by atomic mass is 9.97. The Labute approximate surface area is 101 Å². The van der Waals surface area contributed by atoms with E-state index in [0.29, 0.717) is 6.54 Å². The molecule has 2 rings (SSSR count). The lowest BCUT2D eigenvalue weighted by Crippen LogP contribution is -2.22. The van der Waals surface area contributed by atoms with Gasteiger partial charge in [-0.25, -0.2) is 4.79 Å². The van der Waals surface area contributed by atoms with Crippen molar-refractivity contribution in [3.63, 3.8) is 0 Å². The van der Waals surface area contributed by atoms with E-state index in [1.54, 1.807) is 0 Å². The molecule has 0 saturated heterocycles. The number of rotatable bonds is 4. The topological polar surface area (TPSA) is 58.6 Å². The second kappa shape index (κ2) is 5.57. The van der Waals surface area contributed by atoms with E-state index in [0.717, 1.165) is 38.0 Å². The van der Waals surface area contributed by atoms with Gasteiger partial charge in [-0.1, -0.05) is 12.1 Å². The summed E-state index contributed by atoms with van der Waals surface area (Å²) >= 11 is 0. The molecule has 0 aromatic heterocycles. The van der Waals surface area contributed by atoms with E-state index in [-0.39, 0.29) is 0 Å². The molecular weight excluding hydrogens is 218 g/mol. The van der Waals surface area contributed by atoms with Gasteiger partial charge in [0.1, 0.15) is 5.75 Å². The summed E-state index contributed by atoms with van der Waals surface area (Å²) in [4.78, 5) is 10.3. The summed E-state index contributed by atoms with van der Waals surface area (Å²) in [6.45, 7) is 1.30. The van der Waals surface area contributed by atoms with Crippen molar-refractivity contribution in [2.75, 3.05) is 13.2 Å². The van der Waals surface area contributed by atoms with Crippen LogP contribution in [-0.4, -0.2) is 24.4 Å². The maximum atomic E-state index is 10.3. The zero-order valence-corrected chi connectivity index (χ0v) is 9.74. The highest BCUT2D eigenvalue weighted by atomic mass is 16.5. The summed E-state index contributed by atoms with van der Waals surface area (Å²) in [5.41, 5.74) is 2.59. The van der Waals surface area contributed by atoms with Gasteiger partial charge in [-0.05, 0) is 42.9 Å². The second-order valence-electron chi connectivity index (χ2n) is 4.18. The summed E-state index contributed by atoms with van der Waals surface area (Å²) in [7, 11) is 0. The largest absolute Gasteiger partial charge is 0.493 e. The van der Waals surface area contributed by atoms with Crippen LogP contribution in [0.5, 0.6) is 5.75 Å². The lowest BCUT2D eigenvalue weighted by molar-refractivity contribution is 0.194. The minimum atomic E-state index is -0.955. The van der Waals surface area contributed by atoms with Gasteiger partial charge in [0.2, 0.25) is 0 Å². The molecule has 0 aliphatic carbocycles. The van der Waals surface area contributed by atoms with Gasteiger partial charge in [0.05, 0.1) is 6.61 Å². The van der Waals surface area contributed by atoms with Crippen molar-refractivity contribution < 1.29 is 14.6 Å². The Morgan fingerprint density at radius 3 is 3.18 bits per heavy atom. The molecular formula is C13H17NO3. The molecule has 1 aromatic rings. The van der Waals surface area contributed by atoms with Crippen molar-refractivity contribution in [2.45, 2.75) is 25.7 Å². The van der Waals surface area contributed by atoms with Gasteiger partial charge in [0.15, 0.2) is 0 Å². The van der Waals surface area contributed by atoms with Crippen LogP contribution in [0, 0.1) is 0 Å². The van der Waals surface area contributed by atoms with Gasteiger partial charge in [-0.15, -0.1) is 0 Å². The molecule has 1 aliphatic heterocycles. The zero-order chi connectivity index (χ0) is 12.1. The van der Waals surface area contributed by atoms with Crippen LogP contribution in [0.15, 0.2) is 18.2 Å². The molecule has 1 heterocycles. The summed E-state index contributed by atoms with van der Waals surface area (Å²) in [6, 6.07) is 6.12. The van der Waals surface area contributed by atoms with Crippen molar-refractivity contribution in [2.24, 2.45) is 0 Å². The Kier molecular flexibility index (Phi) is 3.85. The lowest BCUT2D eigenvalue weighted by Gasteiger charge is -2.20. The first-order valence-electron chi connectivity index (χ1n) is 5.98. The molecule has 1 aromatic carbocycles. The van der Waals surface area contributed by atoms with E-state index >= 15 is 0 Å². The molecule has 92 valence electrons. The third-order valence-corrected chi connectivity index (χ3v) is 2.96. The summed E-state index contributed by atoms with van der Waals surface area (Å²) < 4.78 is 5.60. The number of carbonyl (C=O) groups is 1. The minimum absolute atomic E-state index is 0.500. The van der Waals surface area contributed by atoms with Crippen molar-refractivity contribution in [3.8, 4) is 5.75 Å². The number of amides is 1. The first-order valence-corrected chi connectivity index (χ1v) is 5.98. The summed E-state index contributed by atoms with van der Waals surface area (Å²) in [5.74, 6) is 1.000. The first kappa shape index (κ1) is 11.8. The number of ether oxygens (including phenoxy) is 1. The van der Waals surface area contributed by atoms with E-state index in [1.165, 1.54) is 11.1 Å². The fourth-order valence-electron chi connectivity index (χ4n) is 2.17. The van der Waals surface area contributed by atoms with E-state index in [2.05, 4.69) is 11.4 Å². The molecule has 0 unspecified atom stereocenters. The zero-order valence-electron chi connectivity index (χ0n) is 9.74. The average molecular weight is 235 g/mol. The number of aryl methyl sites for hydroxylation is 1. The molecule has 0 atom stereocenters. The number of fused-ring (bicyclic) bond motifs is 1. The number of benzene rings is 1. The third kappa shape index (κ3) is 3.12. The predicted octanol–water partition coefficient (Wildman–Crippen LogP) is 2.21. The molecule has 0 fully saturated rings. The van der Waals surface area contributed by atoms with E-state index in [9.17, 15) is 4.79 Å². The Morgan fingerprint density at radius 2 is 2.35 bits per heavy atom. The van der Waals surface area contributed by atoms with Gasteiger partial charge in [0, 0.05) is 6.54 Å². The Morgan fingerprint density at radius 1 is 1.47 bits per heavy atom. The highest BCUT2D eigenvalue weighted by molar-refractivity contribution is 5.64. The predicted molar refractivity (Wildman–Crippen MR) is 64.6 cm³/mol. The molecule has 0 spiro atoms. The second-order valence-corrected chi connectivity index (χ2v) is 4.18. The summed E-state index contributed by atoms with van der Waals surface area (Å²) in [6.07, 6.45) is 2.90. The minimum Gasteiger partial charge on any atom is -0.493 e. The summed E-state index contributed by atoms with van der Waals surface area (Å²) in [5, 5.41) is 10.9. The molecule has 4 nitrogen and oxygen atoms in total. The van der Waals surface area contributed by atoms with Gasteiger partial charge >= 0.3 is 6.09 Å². The van der Waals surface area contributed by atoms with Crippen LogP contribution >= 0.6 is 0 Å².